The van der Waals surface area contributed by atoms with Gasteiger partial charge in [0, 0.05) is 0 Å². The Kier molecular flexibility index (Phi) is 3.77. The first-order valence-electron chi connectivity index (χ1n) is 7.57. The molecule has 0 aliphatic carbocycles. The number of furan rings is 2. The molecule has 12 heteroatoms. The fraction of sp³-hybridized carbons (Fsp3) is 0.133. The second-order valence-corrected chi connectivity index (χ2v) is 7.23. The lowest BCUT2D eigenvalue weighted by molar-refractivity contribution is 0.0559. The number of ether oxygens (including phenoxy) is 1. The number of carbonyl (C=O) groups excluding carboxylic acids is 1. The van der Waals surface area contributed by atoms with Gasteiger partial charge in [0.1, 0.15) is 22.9 Å². The normalized spacial score (nSPS) is 13.3. The number of rotatable bonds is 4. The van der Waals surface area contributed by atoms with Crippen LogP contribution in [-0.2, 0) is 14.8 Å². The average Bonchev–Trinajstić information content (AvgIpc) is 3.39. The van der Waals surface area contributed by atoms with Gasteiger partial charge in [-0.15, -0.1) is 0 Å². The van der Waals surface area contributed by atoms with Crippen LogP contribution in [0.25, 0.3) is 11.5 Å². The van der Waals surface area contributed by atoms with Gasteiger partial charge in [-0.1, -0.05) is 0 Å². The van der Waals surface area contributed by atoms with E-state index in [-0.39, 0.29) is 23.3 Å². The van der Waals surface area contributed by atoms with Gasteiger partial charge >= 0.3 is 5.97 Å². The zero-order valence-electron chi connectivity index (χ0n) is 13.9. The van der Waals surface area contributed by atoms with Crippen LogP contribution in [0.5, 0.6) is 0 Å². The van der Waals surface area contributed by atoms with Crippen molar-refractivity contribution >= 4 is 33.4 Å². The third kappa shape index (κ3) is 2.57. The number of nitrogen functional groups attached to an aromatic ring is 1. The van der Waals surface area contributed by atoms with Crippen LogP contribution < -0.4 is 15.4 Å². The largest absolute Gasteiger partial charge is 0.463 e. The van der Waals surface area contributed by atoms with Crippen molar-refractivity contribution < 1.29 is 26.8 Å². The van der Waals surface area contributed by atoms with E-state index in [1.54, 1.807) is 12.1 Å². The van der Waals surface area contributed by atoms with Gasteiger partial charge in [-0.25, -0.2) is 22.5 Å². The second kappa shape index (κ2) is 6.02. The first-order chi connectivity index (χ1) is 12.9. The van der Waals surface area contributed by atoms with Crippen molar-refractivity contribution in [2.24, 2.45) is 0 Å². The number of methoxy groups -OCH3 is 1. The number of aromatic nitrogens is 2. The molecule has 140 valence electrons. The van der Waals surface area contributed by atoms with Gasteiger partial charge in [-0.3, -0.25) is 0 Å². The maximum absolute atomic E-state index is 13.1. The molecule has 3 N–H and O–H groups in total. The molecule has 4 rings (SSSR count). The van der Waals surface area contributed by atoms with Gasteiger partial charge in [0.2, 0.25) is 11.7 Å². The molecule has 11 nitrogen and oxygen atoms in total. The van der Waals surface area contributed by atoms with Crippen LogP contribution in [0, 0.1) is 0 Å². The minimum Gasteiger partial charge on any atom is -0.463 e. The quantitative estimate of drug-likeness (QED) is 0.621. The summed E-state index contributed by atoms with van der Waals surface area (Å²) in [6.07, 6.45) is 2.55. The summed E-state index contributed by atoms with van der Waals surface area (Å²) < 4.78 is 42.0. The van der Waals surface area contributed by atoms with Crippen LogP contribution >= 0.6 is 0 Å². The molecule has 1 aliphatic rings. The molecule has 3 aromatic rings. The number of nitrogens with two attached hydrogens (primary N) is 1. The Morgan fingerprint density at radius 3 is 2.81 bits per heavy atom. The lowest BCUT2D eigenvalue weighted by Crippen LogP contribution is -2.32. The molecule has 0 bridgehead atoms. The predicted octanol–water partition coefficient (Wildman–Crippen LogP) is 1.28. The summed E-state index contributed by atoms with van der Waals surface area (Å²) in [5.74, 6) is -1.05. The number of fused-ring (bicyclic) bond motifs is 1. The molecule has 27 heavy (non-hydrogen) atoms. The molecule has 0 radical (unpaired) electrons. The smallest absolute Gasteiger partial charge is 0.375 e. The summed E-state index contributed by atoms with van der Waals surface area (Å²) in [5.41, 5.74) is 6.41. The van der Waals surface area contributed by atoms with Crippen molar-refractivity contribution in [1.29, 1.82) is 0 Å². The van der Waals surface area contributed by atoms with Crippen molar-refractivity contribution in [2.45, 2.75) is 4.90 Å². The number of hydrogen-bond acceptors (Lipinski definition) is 10. The number of hydrogen-bond donors (Lipinski definition) is 2. The van der Waals surface area contributed by atoms with Gasteiger partial charge in [0.15, 0.2) is 11.6 Å². The summed E-state index contributed by atoms with van der Waals surface area (Å²) in [5, 5.41) is 2.92. The Labute approximate surface area is 152 Å². The average molecular weight is 391 g/mol. The lowest BCUT2D eigenvalue weighted by atomic mass is 10.2. The Bertz CT molecular complexity index is 1120. The maximum atomic E-state index is 13.1. The topological polar surface area (TPSA) is 154 Å². The maximum Gasteiger partial charge on any atom is 0.375 e. The number of nitrogens with zero attached hydrogens (tertiary/aromatic N) is 3. The van der Waals surface area contributed by atoms with Gasteiger partial charge in [-0.05, 0) is 18.2 Å². The number of anilines is 3. The lowest BCUT2D eigenvalue weighted by Gasteiger charge is -2.17. The highest BCUT2D eigenvalue weighted by Gasteiger charge is 2.38. The third-order valence-electron chi connectivity index (χ3n) is 3.87. The first kappa shape index (κ1) is 16.9. The molecule has 0 unspecified atom stereocenters. The molecule has 4 heterocycles. The number of esters is 1. The molecular formula is C15H13N5O6S. The number of nitrogens with one attached hydrogen (secondary N) is 1. The van der Waals surface area contributed by atoms with Crippen LogP contribution in [0.3, 0.4) is 0 Å². The Morgan fingerprint density at radius 2 is 2.11 bits per heavy atom. The number of carbonyl (C=O) groups is 1. The van der Waals surface area contributed by atoms with Crippen molar-refractivity contribution in [3.63, 3.8) is 0 Å². The molecule has 0 amide bonds. The second-order valence-electron chi connectivity index (χ2n) is 5.40. The molecule has 1 aliphatic heterocycles. The van der Waals surface area contributed by atoms with E-state index in [1.807, 2.05) is 0 Å². The van der Waals surface area contributed by atoms with E-state index in [0.29, 0.717) is 17.1 Å². The molecule has 0 spiro atoms. The number of sulfonamides is 1. The van der Waals surface area contributed by atoms with Crippen molar-refractivity contribution in [1.82, 2.24) is 9.97 Å². The standard InChI is InChI=1S/C15H13N5O6S/c1-24-14(21)12-9(4-6-26-12)27(22,23)20-7-17-11-10(8-3-2-5-25-8)18-15(16)19-13(11)20/h2-6,17H,7H2,1H3,(H2,16,18,19). The SMILES string of the molecule is COC(=O)c1occc1S(=O)(=O)N1CNc2c(-c3ccco3)nc(N)nc21. The molecule has 0 aromatic carbocycles. The highest BCUT2D eigenvalue weighted by Crippen LogP contribution is 2.40. The molecule has 0 saturated carbocycles. The minimum absolute atomic E-state index is 0.0333. The van der Waals surface area contributed by atoms with Gasteiger partial charge in [-0.2, -0.15) is 4.98 Å². The van der Waals surface area contributed by atoms with E-state index in [1.165, 1.54) is 6.26 Å². The van der Waals surface area contributed by atoms with Gasteiger partial charge < -0.3 is 24.6 Å². The summed E-state index contributed by atoms with van der Waals surface area (Å²) in [6.45, 7) is -0.144. The van der Waals surface area contributed by atoms with Gasteiger partial charge in [0.25, 0.3) is 10.0 Å². The van der Waals surface area contributed by atoms with Crippen LogP contribution in [0.1, 0.15) is 10.6 Å². The van der Waals surface area contributed by atoms with Crippen LogP contribution in [0.2, 0.25) is 0 Å². The van der Waals surface area contributed by atoms with Crippen molar-refractivity contribution in [2.75, 3.05) is 29.1 Å². The fourth-order valence-electron chi connectivity index (χ4n) is 2.69. The van der Waals surface area contributed by atoms with E-state index in [0.717, 1.165) is 23.7 Å². The highest BCUT2D eigenvalue weighted by molar-refractivity contribution is 7.93. The Hall–Kier alpha value is -3.54. The fourth-order valence-corrected chi connectivity index (χ4v) is 4.11. The van der Waals surface area contributed by atoms with Crippen molar-refractivity contribution in [3.8, 4) is 11.5 Å². The minimum atomic E-state index is -4.20. The molecule has 3 aromatic heterocycles. The van der Waals surface area contributed by atoms with E-state index < -0.39 is 21.8 Å². The van der Waals surface area contributed by atoms with E-state index in [4.69, 9.17) is 14.6 Å². The van der Waals surface area contributed by atoms with E-state index in [2.05, 4.69) is 20.0 Å². The summed E-state index contributed by atoms with van der Waals surface area (Å²) in [7, 11) is -3.07. The monoisotopic (exact) mass is 391 g/mol. The summed E-state index contributed by atoms with van der Waals surface area (Å²) in [4.78, 5) is 19.6. The van der Waals surface area contributed by atoms with Crippen LogP contribution in [-0.4, -0.2) is 38.1 Å². The van der Waals surface area contributed by atoms with Gasteiger partial charge in [0.05, 0.1) is 19.6 Å². The molecular weight excluding hydrogens is 378 g/mol. The van der Waals surface area contributed by atoms with Crippen molar-refractivity contribution in [3.05, 3.63) is 36.5 Å². The zero-order valence-corrected chi connectivity index (χ0v) is 14.7. The Balaban J connectivity index is 1.84. The highest BCUT2D eigenvalue weighted by atomic mass is 32.2. The molecule has 0 fully saturated rings. The molecule has 0 atom stereocenters. The van der Waals surface area contributed by atoms with Crippen LogP contribution in [0.4, 0.5) is 17.5 Å². The first-order valence-corrected chi connectivity index (χ1v) is 9.01. The predicted molar refractivity (Wildman–Crippen MR) is 92.3 cm³/mol. The zero-order chi connectivity index (χ0) is 19.2. The summed E-state index contributed by atoms with van der Waals surface area (Å²) in [6, 6.07) is 4.49. The third-order valence-corrected chi connectivity index (χ3v) is 5.62. The van der Waals surface area contributed by atoms with E-state index >= 15 is 0 Å². The molecule has 0 saturated heterocycles. The van der Waals surface area contributed by atoms with E-state index in [9.17, 15) is 13.2 Å². The Morgan fingerprint density at radius 1 is 1.30 bits per heavy atom. The van der Waals surface area contributed by atoms with Crippen LogP contribution in [0.15, 0.2) is 44.5 Å². The summed E-state index contributed by atoms with van der Waals surface area (Å²) >= 11 is 0.